The number of halogens is 1. The first kappa shape index (κ1) is 11.4. The maximum Gasteiger partial charge on any atom is 0.411 e. The lowest BCUT2D eigenvalue weighted by atomic mass is 10.1. The van der Waals surface area contributed by atoms with Gasteiger partial charge >= 0.3 is 6.09 Å². The Morgan fingerprint density at radius 2 is 1.94 bits per heavy atom. The van der Waals surface area contributed by atoms with E-state index in [4.69, 9.17) is 0 Å². The van der Waals surface area contributed by atoms with Crippen LogP contribution in [-0.2, 0) is 4.74 Å². The number of ether oxygens (including phenoxy) is 1. The molecule has 2 aromatic carbocycles. The van der Waals surface area contributed by atoms with E-state index in [9.17, 15) is 9.18 Å². The molecule has 0 bridgehead atoms. The van der Waals surface area contributed by atoms with Gasteiger partial charge in [-0.2, -0.15) is 0 Å². The number of hydrogen-bond donors (Lipinski definition) is 1. The molecule has 0 aliphatic carbocycles. The van der Waals surface area contributed by atoms with E-state index in [-0.39, 0.29) is 6.61 Å². The number of rotatable bonds is 3. The number of carbonyl (C=O) groups is 1. The normalized spacial score (nSPS) is 10.2. The summed E-state index contributed by atoms with van der Waals surface area (Å²) < 4.78 is 16.5. The number of fused-ring (bicyclic) bond motifs is 1. The van der Waals surface area contributed by atoms with Crippen molar-refractivity contribution in [2.75, 3.05) is 18.6 Å². The lowest BCUT2D eigenvalue weighted by molar-refractivity contribution is 0.152. The summed E-state index contributed by atoms with van der Waals surface area (Å²) >= 11 is 0. The summed E-state index contributed by atoms with van der Waals surface area (Å²) in [6, 6.07) is 13.2. The number of anilines is 1. The van der Waals surface area contributed by atoms with Gasteiger partial charge in [-0.25, -0.2) is 9.18 Å². The third kappa shape index (κ3) is 2.72. The van der Waals surface area contributed by atoms with Gasteiger partial charge in [0.25, 0.3) is 0 Å². The molecule has 0 radical (unpaired) electrons. The van der Waals surface area contributed by atoms with E-state index in [0.717, 1.165) is 10.8 Å². The minimum atomic E-state index is -0.678. The number of alkyl halides is 1. The summed E-state index contributed by atoms with van der Waals surface area (Å²) in [5.41, 5.74) is 0.659. The fourth-order valence-electron chi connectivity index (χ4n) is 1.61. The number of amides is 1. The van der Waals surface area contributed by atoms with Gasteiger partial charge in [-0.1, -0.05) is 36.4 Å². The predicted octanol–water partition coefficient (Wildman–Crippen LogP) is 3.36. The van der Waals surface area contributed by atoms with Gasteiger partial charge < -0.3 is 4.74 Å². The van der Waals surface area contributed by atoms with Crippen molar-refractivity contribution in [1.82, 2.24) is 0 Å². The molecule has 0 aromatic heterocycles. The van der Waals surface area contributed by atoms with Crippen molar-refractivity contribution in [3.05, 3.63) is 42.5 Å². The SMILES string of the molecule is O=C(Nc1cccc2ccccc12)OCCF. The summed E-state index contributed by atoms with van der Waals surface area (Å²) in [5, 5.41) is 4.54. The van der Waals surface area contributed by atoms with Crippen LogP contribution in [0.3, 0.4) is 0 Å². The minimum Gasteiger partial charge on any atom is -0.447 e. The summed E-state index contributed by atoms with van der Waals surface area (Å²) in [6.07, 6.45) is -0.640. The minimum absolute atomic E-state index is 0.226. The monoisotopic (exact) mass is 233 g/mol. The van der Waals surface area contributed by atoms with Crippen molar-refractivity contribution in [2.24, 2.45) is 0 Å². The standard InChI is InChI=1S/C13H12FNO2/c14-8-9-17-13(16)15-12-7-3-5-10-4-1-2-6-11(10)12/h1-7H,8-9H2,(H,15,16). The van der Waals surface area contributed by atoms with Crippen LogP contribution in [0, 0.1) is 0 Å². The third-order valence-corrected chi connectivity index (χ3v) is 2.34. The second kappa shape index (κ2) is 5.30. The molecule has 2 aromatic rings. The number of benzene rings is 2. The molecule has 0 atom stereocenters. The van der Waals surface area contributed by atoms with Crippen molar-refractivity contribution in [3.8, 4) is 0 Å². The Kier molecular flexibility index (Phi) is 3.55. The van der Waals surface area contributed by atoms with Gasteiger partial charge in [-0.15, -0.1) is 0 Å². The Hall–Kier alpha value is -2.10. The molecule has 0 unspecified atom stereocenters. The molecule has 1 N–H and O–H groups in total. The summed E-state index contributed by atoms with van der Waals surface area (Å²) in [4.78, 5) is 11.3. The predicted molar refractivity (Wildman–Crippen MR) is 64.9 cm³/mol. The van der Waals surface area contributed by atoms with Gasteiger partial charge in [0.05, 0.1) is 5.69 Å². The molecule has 1 amide bonds. The Labute approximate surface area is 98.2 Å². The first-order valence-corrected chi connectivity index (χ1v) is 5.29. The van der Waals surface area contributed by atoms with Gasteiger partial charge in [0.1, 0.15) is 13.3 Å². The Bertz CT molecular complexity index is 522. The van der Waals surface area contributed by atoms with Crippen LogP contribution < -0.4 is 5.32 Å². The molecule has 0 heterocycles. The Morgan fingerprint density at radius 3 is 2.76 bits per heavy atom. The van der Waals surface area contributed by atoms with E-state index in [1.54, 1.807) is 6.07 Å². The van der Waals surface area contributed by atoms with Crippen molar-refractivity contribution in [1.29, 1.82) is 0 Å². The molecule has 3 nitrogen and oxygen atoms in total. The molecule has 0 aliphatic rings. The lowest BCUT2D eigenvalue weighted by Crippen LogP contribution is -2.15. The summed E-state index contributed by atoms with van der Waals surface area (Å²) in [5.74, 6) is 0. The van der Waals surface area contributed by atoms with E-state index in [1.165, 1.54) is 0 Å². The molecule has 2 rings (SSSR count). The second-order valence-corrected chi connectivity index (χ2v) is 3.48. The summed E-state index contributed by atoms with van der Waals surface area (Å²) in [7, 11) is 0. The van der Waals surface area contributed by atoms with Crippen LogP contribution in [0.25, 0.3) is 10.8 Å². The van der Waals surface area contributed by atoms with Gasteiger partial charge in [0.2, 0.25) is 0 Å². The second-order valence-electron chi connectivity index (χ2n) is 3.48. The molecule has 17 heavy (non-hydrogen) atoms. The molecule has 0 saturated carbocycles. The topological polar surface area (TPSA) is 38.3 Å². The number of nitrogens with one attached hydrogen (secondary N) is 1. The van der Waals surface area contributed by atoms with Crippen molar-refractivity contribution in [3.63, 3.8) is 0 Å². The average Bonchev–Trinajstić information content (AvgIpc) is 2.37. The van der Waals surface area contributed by atoms with Gasteiger partial charge in [-0.3, -0.25) is 5.32 Å². The van der Waals surface area contributed by atoms with Gasteiger partial charge in [0, 0.05) is 5.39 Å². The summed E-state index contributed by atoms with van der Waals surface area (Å²) in [6.45, 7) is -0.903. The zero-order chi connectivity index (χ0) is 12.1. The van der Waals surface area contributed by atoms with Crippen LogP contribution in [0.4, 0.5) is 14.9 Å². The average molecular weight is 233 g/mol. The highest BCUT2D eigenvalue weighted by Crippen LogP contribution is 2.22. The smallest absolute Gasteiger partial charge is 0.411 e. The Morgan fingerprint density at radius 1 is 1.18 bits per heavy atom. The maximum atomic E-state index is 11.8. The molecular formula is C13H12FNO2. The lowest BCUT2D eigenvalue weighted by Gasteiger charge is -2.08. The van der Waals surface area contributed by atoms with Crippen molar-refractivity contribution >= 4 is 22.6 Å². The highest BCUT2D eigenvalue weighted by atomic mass is 19.1. The van der Waals surface area contributed by atoms with E-state index >= 15 is 0 Å². The third-order valence-electron chi connectivity index (χ3n) is 2.34. The van der Waals surface area contributed by atoms with Crippen LogP contribution >= 0.6 is 0 Å². The molecule has 0 spiro atoms. The number of hydrogen-bond acceptors (Lipinski definition) is 2. The zero-order valence-electron chi connectivity index (χ0n) is 9.15. The fourth-order valence-corrected chi connectivity index (χ4v) is 1.61. The fraction of sp³-hybridized carbons (Fsp3) is 0.154. The molecule has 0 fully saturated rings. The Balaban J connectivity index is 2.21. The number of carbonyl (C=O) groups excluding carboxylic acids is 1. The van der Waals surface area contributed by atoms with Gasteiger partial charge in [0.15, 0.2) is 0 Å². The van der Waals surface area contributed by atoms with Crippen LogP contribution in [0.2, 0.25) is 0 Å². The van der Waals surface area contributed by atoms with Crippen molar-refractivity contribution in [2.45, 2.75) is 0 Å². The van der Waals surface area contributed by atoms with E-state index in [1.807, 2.05) is 36.4 Å². The molecule has 4 heteroatoms. The largest absolute Gasteiger partial charge is 0.447 e. The molecule has 88 valence electrons. The quantitative estimate of drug-likeness (QED) is 0.882. The highest BCUT2D eigenvalue weighted by Gasteiger charge is 2.05. The van der Waals surface area contributed by atoms with Crippen LogP contribution in [0.5, 0.6) is 0 Å². The molecule has 0 aliphatic heterocycles. The van der Waals surface area contributed by atoms with E-state index < -0.39 is 12.8 Å². The molecular weight excluding hydrogens is 221 g/mol. The highest BCUT2D eigenvalue weighted by molar-refractivity contribution is 6.00. The van der Waals surface area contributed by atoms with E-state index in [0.29, 0.717) is 5.69 Å². The van der Waals surface area contributed by atoms with E-state index in [2.05, 4.69) is 10.1 Å². The van der Waals surface area contributed by atoms with Gasteiger partial charge in [-0.05, 0) is 11.5 Å². The van der Waals surface area contributed by atoms with Crippen LogP contribution in [0.1, 0.15) is 0 Å². The zero-order valence-corrected chi connectivity index (χ0v) is 9.15. The maximum absolute atomic E-state index is 11.8. The van der Waals surface area contributed by atoms with Crippen LogP contribution in [0.15, 0.2) is 42.5 Å². The van der Waals surface area contributed by atoms with Crippen LogP contribution in [-0.4, -0.2) is 19.4 Å². The molecule has 0 saturated heterocycles. The van der Waals surface area contributed by atoms with Crippen molar-refractivity contribution < 1.29 is 13.9 Å². The first-order valence-electron chi connectivity index (χ1n) is 5.29. The first-order chi connectivity index (χ1) is 8.31.